The molecule has 0 unspecified atom stereocenters. The molecule has 0 atom stereocenters. The first kappa shape index (κ1) is 17.7. The molecule has 1 aromatic carbocycles. The lowest BCUT2D eigenvalue weighted by atomic mass is 9.93. The van der Waals surface area contributed by atoms with E-state index in [0.717, 1.165) is 27.6 Å². The first-order chi connectivity index (χ1) is 11.6. The van der Waals surface area contributed by atoms with E-state index >= 15 is 0 Å². The third-order valence-corrected chi connectivity index (χ3v) is 5.00. The summed E-state index contributed by atoms with van der Waals surface area (Å²) in [6.45, 7) is 6.98. The Kier molecular flexibility index (Phi) is 4.46. The Labute approximate surface area is 151 Å². The fraction of sp³-hybridized carbons (Fsp3) is 0.375. The van der Waals surface area contributed by atoms with Crippen LogP contribution in [-0.4, -0.2) is 29.3 Å². The number of hydrogen-bond donors (Lipinski definition) is 2. The molecule has 3 aromatic rings. The van der Waals surface area contributed by atoms with Crippen LogP contribution >= 0.6 is 11.3 Å². The molecule has 3 rings (SSSR count). The lowest BCUT2D eigenvalue weighted by Crippen LogP contribution is -2.11. The maximum atomic E-state index is 11.2. The van der Waals surface area contributed by atoms with Crippen LogP contribution in [0.1, 0.15) is 32.0 Å². The van der Waals surface area contributed by atoms with Crippen molar-refractivity contribution >= 4 is 37.1 Å². The Bertz CT molecular complexity index is 950. The highest BCUT2D eigenvalue weighted by Gasteiger charge is 2.19. The topological polar surface area (TPSA) is 88.4 Å². The number of sulfonamides is 1. The lowest BCUT2D eigenvalue weighted by Gasteiger charge is -2.13. The summed E-state index contributed by atoms with van der Waals surface area (Å²) in [6, 6.07) is 7.22. The van der Waals surface area contributed by atoms with Crippen molar-refractivity contribution in [2.45, 2.75) is 32.7 Å². The summed E-state index contributed by atoms with van der Waals surface area (Å²) in [5.41, 5.74) is 2.60. The summed E-state index contributed by atoms with van der Waals surface area (Å²) in [5.74, 6) is 0. The van der Waals surface area contributed by atoms with Gasteiger partial charge in [0.2, 0.25) is 20.1 Å². The zero-order chi connectivity index (χ0) is 18.2. The average Bonchev–Trinajstić information content (AvgIpc) is 3.02. The van der Waals surface area contributed by atoms with Gasteiger partial charge in [-0.3, -0.25) is 4.72 Å². The van der Waals surface area contributed by atoms with Gasteiger partial charge < -0.3 is 5.32 Å². The van der Waals surface area contributed by atoms with Crippen LogP contribution in [0, 0.1) is 0 Å². The highest BCUT2D eigenvalue weighted by Crippen LogP contribution is 2.26. The number of nitrogens with zero attached hydrogens (tertiary/aromatic N) is 3. The minimum atomic E-state index is -3.25. The predicted octanol–water partition coefficient (Wildman–Crippen LogP) is 3.07. The number of benzene rings is 1. The smallest absolute Gasteiger partial charge is 0.229 e. The van der Waals surface area contributed by atoms with Crippen molar-refractivity contribution in [3.8, 4) is 0 Å². The first-order valence-electron chi connectivity index (χ1n) is 7.77. The summed E-state index contributed by atoms with van der Waals surface area (Å²) in [7, 11) is -3.25. The number of rotatable bonds is 5. The maximum absolute atomic E-state index is 11.2. The molecule has 25 heavy (non-hydrogen) atoms. The van der Waals surface area contributed by atoms with E-state index in [0.29, 0.717) is 12.2 Å². The Morgan fingerprint density at radius 3 is 2.44 bits per heavy atom. The molecule has 0 radical (unpaired) electrons. The molecule has 2 aromatic heterocycles. The molecule has 2 N–H and O–H groups in total. The van der Waals surface area contributed by atoms with Gasteiger partial charge in [-0.25, -0.2) is 17.9 Å². The number of imidazole rings is 1. The van der Waals surface area contributed by atoms with Crippen molar-refractivity contribution < 1.29 is 8.42 Å². The molecule has 0 saturated carbocycles. The molecule has 0 saturated heterocycles. The summed E-state index contributed by atoms with van der Waals surface area (Å²) >= 11 is 1.50. The fourth-order valence-electron chi connectivity index (χ4n) is 2.22. The van der Waals surface area contributed by atoms with Crippen molar-refractivity contribution in [1.29, 1.82) is 0 Å². The van der Waals surface area contributed by atoms with Crippen LogP contribution < -0.4 is 10.0 Å². The molecule has 134 valence electrons. The Balaban J connectivity index is 1.65. The molecule has 2 heterocycles. The molecule has 0 aliphatic heterocycles. The zero-order valence-electron chi connectivity index (χ0n) is 14.6. The first-order valence-corrected chi connectivity index (χ1v) is 10.5. The standard InChI is InChI=1S/C16H21N5O2S2/c1-16(2,3)13-10-21-15(18-13)24-14(19-21)17-9-11-5-7-12(8-6-11)20-25(4,22)23/h5-8,10,20H,9H2,1-4H3,(H,17,19). The Morgan fingerprint density at radius 2 is 1.88 bits per heavy atom. The van der Waals surface area contributed by atoms with Gasteiger partial charge in [0.15, 0.2) is 0 Å². The average molecular weight is 380 g/mol. The fourth-order valence-corrected chi connectivity index (χ4v) is 3.56. The van der Waals surface area contributed by atoms with Gasteiger partial charge >= 0.3 is 0 Å². The molecular formula is C16H21N5O2S2. The lowest BCUT2D eigenvalue weighted by molar-refractivity contribution is 0.572. The minimum Gasteiger partial charge on any atom is -0.356 e. The van der Waals surface area contributed by atoms with E-state index in [-0.39, 0.29) is 5.41 Å². The molecular weight excluding hydrogens is 358 g/mol. The van der Waals surface area contributed by atoms with Gasteiger partial charge in [-0.05, 0) is 17.7 Å². The molecule has 7 nitrogen and oxygen atoms in total. The second-order valence-corrected chi connectivity index (χ2v) is 9.64. The van der Waals surface area contributed by atoms with E-state index in [1.54, 1.807) is 16.6 Å². The van der Waals surface area contributed by atoms with Gasteiger partial charge in [0.1, 0.15) is 0 Å². The van der Waals surface area contributed by atoms with Gasteiger partial charge in [-0.2, -0.15) is 0 Å². The molecule has 0 bridgehead atoms. The van der Waals surface area contributed by atoms with Gasteiger partial charge in [0, 0.05) is 17.6 Å². The van der Waals surface area contributed by atoms with Gasteiger partial charge in [0.05, 0.1) is 18.1 Å². The van der Waals surface area contributed by atoms with Gasteiger partial charge in [0.25, 0.3) is 0 Å². The van der Waals surface area contributed by atoms with Crippen LogP contribution in [0.5, 0.6) is 0 Å². The van der Waals surface area contributed by atoms with Crippen molar-refractivity contribution in [1.82, 2.24) is 14.6 Å². The molecule has 0 aliphatic carbocycles. The van der Waals surface area contributed by atoms with E-state index in [4.69, 9.17) is 0 Å². The Morgan fingerprint density at radius 1 is 1.20 bits per heavy atom. The highest BCUT2D eigenvalue weighted by molar-refractivity contribution is 7.92. The maximum Gasteiger partial charge on any atom is 0.229 e. The van der Waals surface area contributed by atoms with Crippen LogP contribution in [0.4, 0.5) is 10.8 Å². The molecule has 0 aliphatic rings. The van der Waals surface area contributed by atoms with E-state index in [1.165, 1.54) is 11.3 Å². The van der Waals surface area contributed by atoms with E-state index in [2.05, 4.69) is 40.9 Å². The third kappa shape index (κ3) is 4.49. The number of aromatic nitrogens is 3. The second-order valence-electron chi connectivity index (χ2n) is 6.94. The van der Waals surface area contributed by atoms with Crippen LogP contribution in [0.3, 0.4) is 0 Å². The predicted molar refractivity (Wildman–Crippen MR) is 102 cm³/mol. The Hall–Kier alpha value is -2.13. The minimum absolute atomic E-state index is 0.00274. The van der Waals surface area contributed by atoms with Gasteiger partial charge in [-0.15, -0.1) is 5.10 Å². The summed E-state index contributed by atoms with van der Waals surface area (Å²) in [5, 5.41) is 8.56. The normalized spacial score (nSPS) is 12.5. The van der Waals surface area contributed by atoms with Crippen molar-refractivity contribution in [3.63, 3.8) is 0 Å². The summed E-state index contributed by atoms with van der Waals surface area (Å²) in [4.78, 5) is 5.48. The second kappa shape index (κ2) is 6.30. The van der Waals surface area contributed by atoms with E-state index < -0.39 is 10.0 Å². The number of fused-ring (bicyclic) bond motifs is 1. The largest absolute Gasteiger partial charge is 0.356 e. The van der Waals surface area contributed by atoms with E-state index in [9.17, 15) is 8.42 Å². The third-order valence-electron chi connectivity index (χ3n) is 3.51. The van der Waals surface area contributed by atoms with Crippen LogP contribution in [0.15, 0.2) is 30.5 Å². The van der Waals surface area contributed by atoms with Crippen molar-refractivity contribution in [3.05, 3.63) is 41.7 Å². The number of anilines is 2. The SMILES string of the molecule is CC(C)(C)c1cn2nc(NCc3ccc(NS(C)(=O)=O)cc3)sc2n1. The molecule has 9 heteroatoms. The quantitative estimate of drug-likeness (QED) is 0.711. The van der Waals surface area contributed by atoms with Crippen LogP contribution in [0.25, 0.3) is 4.96 Å². The van der Waals surface area contributed by atoms with Crippen LogP contribution in [0.2, 0.25) is 0 Å². The van der Waals surface area contributed by atoms with Crippen molar-refractivity contribution in [2.24, 2.45) is 0 Å². The molecule has 0 amide bonds. The summed E-state index contributed by atoms with van der Waals surface area (Å²) in [6.07, 6.45) is 3.09. The molecule has 0 fully saturated rings. The number of hydrogen-bond acceptors (Lipinski definition) is 6. The van der Waals surface area contributed by atoms with Gasteiger partial charge in [-0.1, -0.05) is 44.2 Å². The van der Waals surface area contributed by atoms with Crippen molar-refractivity contribution in [2.75, 3.05) is 16.3 Å². The molecule has 0 spiro atoms. The number of nitrogens with one attached hydrogen (secondary N) is 2. The summed E-state index contributed by atoms with van der Waals surface area (Å²) < 4.78 is 26.6. The van der Waals surface area contributed by atoms with E-state index in [1.807, 2.05) is 18.3 Å². The highest BCUT2D eigenvalue weighted by atomic mass is 32.2. The van der Waals surface area contributed by atoms with Crippen LogP contribution in [-0.2, 0) is 22.0 Å². The zero-order valence-corrected chi connectivity index (χ0v) is 16.2. The monoisotopic (exact) mass is 379 g/mol.